The van der Waals surface area contributed by atoms with Crippen LogP contribution in [0, 0.1) is 5.92 Å². The molecule has 3 aromatic carbocycles. The van der Waals surface area contributed by atoms with Crippen molar-refractivity contribution < 1.29 is 28.6 Å². The molecule has 42 heavy (non-hydrogen) atoms. The number of carbonyl (C=O) groups excluding carboxylic acids is 3. The fourth-order valence-electron chi connectivity index (χ4n) is 4.69. The molecule has 0 bridgehead atoms. The second-order valence-electron chi connectivity index (χ2n) is 10.3. The Labute approximate surface area is 244 Å². The van der Waals surface area contributed by atoms with Gasteiger partial charge < -0.3 is 31.0 Å². The summed E-state index contributed by atoms with van der Waals surface area (Å²) in [6.45, 7) is 1.49. The van der Waals surface area contributed by atoms with E-state index < -0.39 is 49.2 Å². The molecular formula is C31H35N4O6P. The minimum absolute atomic E-state index is 0.00972. The topological polar surface area (TPSA) is 164 Å². The van der Waals surface area contributed by atoms with Crippen LogP contribution in [0.3, 0.4) is 0 Å². The predicted molar refractivity (Wildman–Crippen MR) is 161 cm³/mol. The molecule has 4 atom stereocenters. The van der Waals surface area contributed by atoms with E-state index in [4.69, 9.17) is 10.5 Å². The number of H-pyrrole nitrogens is 1. The van der Waals surface area contributed by atoms with E-state index in [0.29, 0.717) is 0 Å². The molecule has 4 aromatic rings. The molecule has 0 aliphatic rings. The Morgan fingerprint density at radius 1 is 0.905 bits per heavy atom. The highest BCUT2D eigenvalue weighted by Gasteiger charge is 2.37. The first-order valence-electron chi connectivity index (χ1n) is 13.6. The number of alkyl carbamates (subject to hydrolysis) is 1. The molecular weight excluding hydrogens is 555 g/mol. The van der Waals surface area contributed by atoms with Gasteiger partial charge in [0.05, 0.1) is 0 Å². The smallest absolute Gasteiger partial charge is 0.408 e. The summed E-state index contributed by atoms with van der Waals surface area (Å²) in [6.07, 6.45) is 0.676. The van der Waals surface area contributed by atoms with Crippen molar-refractivity contribution in [1.82, 2.24) is 15.6 Å². The standard InChI is InChI=1S/C31H35N4O6P/c1-21(30(37)34-27(29(32)36)17-24-18-33-26-15-9-8-14-25(24)26)20-42(39,40)28(16-22-10-4-2-5-11-22)35-31(38)41-19-23-12-6-3-7-13-23/h2-15,18,21,27-28,33H,16-17,19-20H2,1H3,(H2,32,36)(H,34,37)(H,35,38)(H,39,40)/t21?,27-,28?/m0/s1. The third-order valence-corrected chi connectivity index (χ3v) is 9.35. The van der Waals surface area contributed by atoms with E-state index in [0.717, 1.165) is 27.6 Å². The Morgan fingerprint density at radius 3 is 2.19 bits per heavy atom. The number of primary amides is 1. The molecule has 4 rings (SSSR count). The lowest BCUT2D eigenvalue weighted by Crippen LogP contribution is -2.48. The van der Waals surface area contributed by atoms with Gasteiger partial charge in [0.2, 0.25) is 19.2 Å². The fourth-order valence-corrected chi connectivity index (χ4v) is 6.70. The summed E-state index contributed by atoms with van der Waals surface area (Å²) >= 11 is 0. The summed E-state index contributed by atoms with van der Waals surface area (Å²) in [5.74, 6) is -3.50. The maximum Gasteiger partial charge on any atom is 0.408 e. The zero-order valence-corrected chi connectivity index (χ0v) is 24.1. The lowest BCUT2D eigenvalue weighted by molar-refractivity contribution is -0.129. The van der Waals surface area contributed by atoms with E-state index in [-0.39, 0.29) is 19.4 Å². The summed E-state index contributed by atoms with van der Waals surface area (Å²) in [6, 6.07) is 24.5. The Morgan fingerprint density at radius 2 is 1.52 bits per heavy atom. The van der Waals surface area contributed by atoms with Gasteiger partial charge >= 0.3 is 6.09 Å². The van der Waals surface area contributed by atoms with Crippen LogP contribution in [0.4, 0.5) is 4.79 Å². The minimum atomic E-state index is -4.18. The number of carbonyl (C=O) groups is 3. The Kier molecular flexibility index (Phi) is 10.2. The van der Waals surface area contributed by atoms with E-state index in [2.05, 4.69) is 15.6 Å². The number of aromatic amines is 1. The molecule has 0 saturated heterocycles. The lowest BCUT2D eigenvalue weighted by Gasteiger charge is -2.26. The van der Waals surface area contributed by atoms with Gasteiger partial charge in [-0.2, -0.15) is 0 Å². The number of nitrogens with two attached hydrogens (primary N) is 1. The number of aromatic nitrogens is 1. The van der Waals surface area contributed by atoms with Gasteiger partial charge in [-0.15, -0.1) is 0 Å². The Bertz CT molecular complexity index is 1560. The summed E-state index contributed by atoms with van der Waals surface area (Å²) in [4.78, 5) is 52.3. The first kappa shape index (κ1) is 30.6. The Balaban J connectivity index is 1.43. The SMILES string of the molecule is CC(CP(=O)(O)C(Cc1ccccc1)NC(=O)OCc1ccccc1)C(=O)N[C@@H](Cc1c[nH]c2ccccc12)C(N)=O. The van der Waals surface area contributed by atoms with Crippen LogP contribution in [-0.2, 0) is 38.3 Å². The number of rotatable bonds is 13. The van der Waals surface area contributed by atoms with E-state index in [1.54, 1.807) is 42.6 Å². The highest BCUT2D eigenvalue weighted by atomic mass is 31.2. The van der Waals surface area contributed by atoms with Crippen LogP contribution < -0.4 is 16.4 Å². The molecule has 11 heteroatoms. The number of amides is 3. The number of fused-ring (bicyclic) bond motifs is 1. The van der Waals surface area contributed by atoms with Crippen LogP contribution in [0.5, 0.6) is 0 Å². The first-order valence-corrected chi connectivity index (χ1v) is 15.5. The molecule has 0 aliphatic heterocycles. The largest absolute Gasteiger partial charge is 0.445 e. The van der Waals surface area contributed by atoms with Crippen molar-refractivity contribution in [3.8, 4) is 0 Å². The predicted octanol–water partition coefficient (Wildman–Crippen LogP) is 4.08. The van der Waals surface area contributed by atoms with Crippen molar-refractivity contribution in [3.05, 3.63) is 108 Å². The van der Waals surface area contributed by atoms with E-state index in [9.17, 15) is 23.8 Å². The highest BCUT2D eigenvalue weighted by molar-refractivity contribution is 7.58. The van der Waals surface area contributed by atoms with E-state index in [1.165, 1.54) is 6.92 Å². The van der Waals surface area contributed by atoms with Gasteiger partial charge in [-0.3, -0.25) is 14.2 Å². The first-order chi connectivity index (χ1) is 20.1. The quantitative estimate of drug-likeness (QED) is 0.147. The minimum Gasteiger partial charge on any atom is -0.445 e. The molecule has 3 amide bonds. The molecule has 10 nitrogen and oxygen atoms in total. The molecule has 1 heterocycles. The molecule has 0 aliphatic carbocycles. The van der Waals surface area contributed by atoms with Gasteiger partial charge in [-0.25, -0.2) is 4.79 Å². The molecule has 0 spiro atoms. The van der Waals surface area contributed by atoms with Crippen molar-refractivity contribution in [2.75, 3.05) is 6.16 Å². The van der Waals surface area contributed by atoms with Gasteiger partial charge in [-0.1, -0.05) is 85.8 Å². The van der Waals surface area contributed by atoms with Crippen LogP contribution in [0.25, 0.3) is 10.9 Å². The third kappa shape index (κ3) is 8.31. The maximum atomic E-state index is 13.7. The van der Waals surface area contributed by atoms with Crippen molar-refractivity contribution in [3.63, 3.8) is 0 Å². The Hall–Kier alpha value is -4.40. The molecule has 1 aromatic heterocycles. The average Bonchev–Trinajstić information content (AvgIpc) is 3.39. The number of hydrogen-bond donors (Lipinski definition) is 5. The van der Waals surface area contributed by atoms with Gasteiger partial charge in [-0.05, 0) is 22.8 Å². The van der Waals surface area contributed by atoms with Gasteiger partial charge in [0, 0.05) is 42.0 Å². The van der Waals surface area contributed by atoms with Crippen LogP contribution in [0.15, 0.2) is 91.1 Å². The van der Waals surface area contributed by atoms with Crippen molar-refractivity contribution >= 4 is 36.2 Å². The summed E-state index contributed by atoms with van der Waals surface area (Å²) in [5, 5.41) is 6.08. The van der Waals surface area contributed by atoms with Crippen LogP contribution >= 0.6 is 7.37 Å². The van der Waals surface area contributed by atoms with Gasteiger partial charge in [0.15, 0.2) is 0 Å². The molecule has 0 fully saturated rings. The highest BCUT2D eigenvalue weighted by Crippen LogP contribution is 2.48. The van der Waals surface area contributed by atoms with Gasteiger partial charge in [0.1, 0.15) is 18.4 Å². The molecule has 220 valence electrons. The van der Waals surface area contributed by atoms with E-state index in [1.807, 2.05) is 48.5 Å². The summed E-state index contributed by atoms with van der Waals surface area (Å²) in [7, 11) is -4.18. The monoisotopic (exact) mass is 590 g/mol. The number of hydrogen-bond acceptors (Lipinski definition) is 5. The molecule has 0 radical (unpaired) electrons. The zero-order chi connectivity index (χ0) is 30.1. The van der Waals surface area contributed by atoms with Crippen molar-refractivity contribution in [2.45, 2.75) is 38.2 Å². The number of nitrogens with one attached hydrogen (secondary N) is 3. The second kappa shape index (κ2) is 14.0. The number of para-hydroxylation sites is 1. The normalized spacial score (nSPS) is 14.7. The van der Waals surface area contributed by atoms with Crippen LogP contribution in [-0.4, -0.2) is 45.8 Å². The van der Waals surface area contributed by atoms with Crippen molar-refractivity contribution in [2.24, 2.45) is 11.7 Å². The lowest BCUT2D eigenvalue weighted by atomic mass is 10.0. The van der Waals surface area contributed by atoms with Crippen molar-refractivity contribution in [1.29, 1.82) is 0 Å². The molecule has 0 saturated carbocycles. The summed E-state index contributed by atoms with van der Waals surface area (Å²) in [5.41, 5.74) is 8.78. The van der Waals surface area contributed by atoms with Gasteiger partial charge in [0.25, 0.3) is 0 Å². The fraction of sp³-hybridized carbons (Fsp3) is 0.258. The molecule has 6 N–H and O–H groups in total. The zero-order valence-electron chi connectivity index (χ0n) is 23.2. The van der Waals surface area contributed by atoms with E-state index >= 15 is 0 Å². The number of ether oxygens (including phenoxy) is 1. The average molecular weight is 591 g/mol. The third-order valence-electron chi connectivity index (χ3n) is 7.00. The van der Waals surface area contributed by atoms with Crippen LogP contribution in [0.1, 0.15) is 23.6 Å². The second-order valence-corrected chi connectivity index (χ2v) is 12.8. The summed E-state index contributed by atoms with van der Waals surface area (Å²) < 4.78 is 19.0. The number of benzene rings is 3. The van der Waals surface area contributed by atoms with Crippen LogP contribution in [0.2, 0.25) is 0 Å². The molecule has 3 unspecified atom stereocenters. The maximum absolute atomic E-state index is 13.7.